The van der Waals surface area contributed by atoms with Crippen LogP contribution in [0.15, 0.2) is 6.07 Å². The Morgan fingerprint density at radius 1 is 1.28 bits per heavy atom. The molecule has 0 unspecified atom stereocenters. The summed E-state index contributed by atoms with van der Waals surface area (Å²) in [6.45, 7) is 7.40. The molecular weight excluding hydrogens is 455 g/mol. The second kappa shape index (κ2) is 8.83. The molecule has 0 bridgehead atoms. The minimum atomic E-state index is -0.644. The van der Waals surface area contributed by atoms with Crippen molar-refractivity contribution in [2.75, 3.05) is 32.6 Å². The molecule has 10 heteroatoms. The number of halogens is 2. The zero-order valence-electron chi connectivity index (χ0n) is 19.3. The van der Waals surface area contributed by atoms with Crippen LogP contribution in [0.5, 0.6) is 5.75 Å². The number of aromatic nitrogens is 1. The minimum absolute atomic E-state index is 0.175. The second-order valence-electron chi connectivity index (χ2n) is 8.88. The SMILES string of the molecule is COc1cc2c3c(c(N(C)C)nc2c(Cl)c1Cl)CN(C(=O)CNC(=O)OC(C)(C)C)[C@H]3C. The molecule has 1 aromatic carbocycles. The predicted octanol–water partition coefficient (Wildman–Crippen LogP) is 4.54. The lowest BCUT2D eigenvalue weighted by atomic mass is 10.00. The van der Waals surface area contributed by atoms with Gasteiger partial charge in [0.15, 0.2) is 0 Å². The van der Waals surface area contributed by atoms with E-state index in [1.807, 2.05) is 25.9 Å². The van der Waals surface area contributed by atoms with Crippen molar-refractivity contribution in [2.24, 2.45) is 0 Å². The standard InChI is InChI=1S/C22H28Cl2N4O4/c1-11-16-12-8-14(31-7)17(23)18(24)19(12)26-20(27(5)6)13(16)10-28(11)15(29)9-25-21(30)32-22(2,3)4/h8,11H,9-10H2,1-7H3,(H,25,30)/t11-/m0/s1. The van der Waals surface area contributed by atoms with E-state index in [0.29, 0.717) is 33.7 Å². The van der Waals surface area contributed by atoms with Gasteiger partial charge in [0.2, 0.25) is 5.91 Å². The highest BCUT2D eigenvalue weighted by Crippen LogP contribution is 2.46. The van der Waals surface area contributed by atoms with E-state index in [1.54, 1.807) is 31.7 Å². The van der Waals surface area contributed by atoms with Crippen LogP contribution in [-0.2, 0) is 16.1 Å². The van der Waals surface area contributed by atoms with Gasteiger partial charge >= 0.3 is 6.09 Å². The average Bonchev–Trinajstić information content (AvgIpc) is 3.04. The smallest absolute Gasteiger partial charge is 0.408 e. The summed E-state index contributed by atoms with van der Waals surface area (Å²) < 4.78 is 10.6. The number of nitrogens with zero attached hydrogens (tertiary/aromatic N) is 3. The Morgan fingerprint density at radius 2 is 1.94 bits per heavy atom. The molecule has 2 amide bonds. The van der Waals surface area contributed by atoms with Gasteiger partial charge in [-0.05, 0) is 39.3 Å². The third kappa shape index (κ3) is 4.52. The third-order valence-corrected chi connectivity index (χ3v) is 6.05. The largest absolute Gasteiger partial charge is 0.495 e. The van der Waals surface area contributed by atoms with Crippen LogP contribution >= 0.6 is 23.2 Å². The van der Waals surface area contributed by atoms with Gasteiger partial charge in [0.1, 0.15) is 28.7 Å². The molecule has 1 atom stereocenters. The normalized spacial score (nSPS) is 15.5. The van der Waals surface area contributed by atoms with Crippen LogP contribution in [0.2, 0.25) is 10.0 Å². The molecule has 174 valence electrons. The number of pyridine rings is 1. The van der Waals surface area contributed by atoms with Crippen LogP contribution in [0.25, 0.3) is 10.9 Å². The van der Waals surface area contributed by atoms with Crippen LogP contribution in [0.3, 0.4) is 0 Å². The van der Waals surface area contributed by atoms with Gasteiger partial charge in [0.25, 0.3) is 0 Å². The van der Waals surface area contributed by atoms with Gasteiger partial charge in [-0.1, -0.05) is 23.2 Å². The summed E-state index contributed by atoms with van der Waals surface area (Å²) in [5.41, 5.74) is 1.75. The van der Waals surface area contributed by atoms with Gasteiger partial charge < -0.3 is 24.6 Å². The highest BCUT2D eigenvalue weighted by Gasteiger charge is 2.36. The topological polar surface area (TPSA) is 84.0 Å². The molecule has 2 heterocycles. The number of methoxy groups -OCH3 is 1. The number of fused-ring (bicyclic) bond motifs is 3. The summed E-state index contributed by atoms with van der Waals surface area (Å²) in [6.07, 6.45) is -0.637. The number of ether oxygens (including phenoxy) is 2. The zero-order valence-corrected chi connectivity index (χ0v) is 20.8. The Labute approximate surface area is 197 Å². The van der Waals surface area contributed by atoms with E-state index in [-0.39, 0.29) is 18.5 Å². The lowest BCUT2D eigenvalue weighted by molar-refractivity contribution is -0.132. The van der Waals surface area contributed by atoms with Crippen LogP contribution in [0, 0.1) is 0 Å². The van der Waals surface area contributed by atoms with Gasteiger partial charge in [0, 0.05) is 25.0 Å². The molecule has 2 aromatic rings. The van der Waals surface area contributed by atoms with Crippen LogP contribution < -0.4 is 15.0 Å². The van der Waals surface area contributed by atoms with E-state index >= 15 is 0 Å². The molecule has 0 fully saturated rings. The number of amides is 2. The molecule has 0 aliphatic carbocycles. The van der Waals surface area contributed by atoms with Crippen molar-refractivity contribution in [1.29, 1.82) is 0 Å². The Morgan fingerprint density at radius 3 is 2.50 bits per heavy atom. The first-order chi connectivity index (χ1) is 14.9. The number of nitrogens with one attached hydrogen (secondary N) is 1. The Balaban J connectivity index is 1.99. The predicted molar refractivity (Wildman–Crippen MR) is 126 cm³/mol. The minimum Gasteiger partial charge on any atom is -0.495 e. The average molecular weight is 483 g/mol. The first-order valence-corrected chi connectivity index (χ1v) is 10.9. The molecule has 0 radical (unpaired) electrons. The number of rotatable bonds is 4. The highest BCUT2D eigenvalue weighted by molar-refractivity contribution is 6.46. The van der Waals surface area contributed by atoms with Crippen LogP contribution in [0.4, 0.5) is 10.6 Å². The quantitative estimate of drug-likeness (QED) is 0.688. The van der Waals surface area contributed by atoms with E-state index in [2.05, 4.69) is 5.32 Å². The summed E-state index contributed by atoms with van der Waals surface area (Å²) in [7, 11) is 5.28. The molecule has 1 N–H and O–H groups in total. The molecule has 0 saturated heterocycles. The number of anilines is 1. The van der Waals surface area contributed by atoms with E-state index in [4.69, 9.17) is 37.7 Å². The summed E-state index contributed by atoms with van der Waals surface area (Å²) in [5.74, 6) is 0.914. The molecular formula is C22H28Cl2N4O4. The van der Waals surface area contributed by atoms with Crippen molar-refractivity contribution < 1.29 is 19.1 Å². The monoisotopic (exact) mass is 482 g/mol. The second-order valence-corrected chi connectivity index (χ2v) is 9.63. The van der Waals surface area contributed by atoms with Crippen molar-refractivity contribution in [3.8, 4) is 5.75 Å². The lowest BCUT2D eigenvalue weighted by Crippen LogP contribution is -2.40. The van der Waals surface area contributed by atoms with Gasteiger partial charge in [-0.25, -0.2) is 9.78 Å². The highest BCUT2D eigenvalue weighted by atomic mass is 35.5. The van der Waals surface area contributed by atoms with Crippen molar-refractivity contribution in [1.82, 2.24) is 15.2 Å². The van der Waals surface area contributed by atoms with E-state index in [1.165, 1.54) is 7.11 Å². The summed E-state index contributed by atoms with van der Waals surface area (Å²) in [5, 5.41) is 3.91. The van der Waals surface area contributed by atoms with Crippen LogP contribution in [0.1, 0.15) is 44.9 Å². The number of hydrogen-bond donors (Lipinski definition) is 1. The zero-order chi connectivity index (χ0) is 24.0. The van der Waals surface area contributed by atoms with Crippen molar-refractivity contribution >= 4 is 51.9 Å². The fourth-order valence-corrected chi connectivity index (χ4v) is 4.30. The molecule has 1 aliphatic heterocycles. The number of hydrogen-bond acceptors (Lipinski definition) is 6. The Hall–Kier alpha value is -2.45. The molecule has 1 aromatic heterocycles. The molecule has 8 nitrogen and oxygen atoms in total. The summed E-state index contributed by atoms with van der Waals surface area (Å²) in [6, 6.07) is 1.53. The number of carbonyl (C=O) groups excluding carboxylic acids is 2. The molecule has 32 heavy (non-hydrogen) atoms. The summed E-state index contributed by atoms with van der Waals surface area (Å²) >= 11 is 12.9. The van der Waals surface area contributed by atoms with Crippen molar-refractivity contribution in [2.45, 2.75) is 45.9 Å². The maximum atomic E-state index is 13.0. The molecule has 3 rings (SSSR count). The lowest BCUT2D eigenvalue weighted by Gasteiger charge is -2.24. The molecule has 1 aliphatic rings. The third-order valence-electron chi connectivity index (χ3n) is 5.21. The Kier molecular flexibility index (Phi) is 6.67. The maximum absolute atomic E-state index is 13.0. The first-order valence-electron chi connectivity index (χ1n) is 10.2. The number of benzene rings is 1. The molecule has 0 spiro atoms. The first kappa shape index (κ1) is 24.2. The molecule has 0 saturated carbocycles. The fraction of sp³-hybridized carbons (Fsp3) is 0.500. The van der Waals surface area contributed by atoms with E-state index in [0.717, 1.165) is 16.5 Å². The maximum Gasteiger partial charge on any atom is 0.408 e. The van der Waals surface area contributed by atoms with Crippen LogP contribution in [-0.4, -0.2) is 55.2 Å². The number of alkyl carbamates (subject to hydrolysis) is 1. The van der Waals surface area contributed by atoms with Crippen molar-refractivity contribution in [3.05, 3.63) is 27.2 Å². The van der Waals surface area contributed by atoms with Crippen molar-refractivity contribution in [3.63, 3.8) is 0 Å². The van der Waals surface area contributed by atoms with Gasteiger partial charge in [0.05, 0.1) is 30.2 Å². The van der Waals surface area contributed by atoms with Gasteiger partial charge in [-0.3, -0.25) is 4.79 Å². The fourth-order valence-electron chi connectivity index (χ4n) is 3.85. The van der Waals surface area contributed by atoms with E-state index in [9.17, 15) is 9.59 Å². The summed E-state index contributed by atoms with van der Waals surface area (Å²) in [4.78, 5) is 33.3. The number of carbonyl (C=O) groups is 2. The van der Waals surface area contributed by atoms with E-state index < -0.39 is 11.7 Å². The van der Waals surface area contributed by atoms with Gasteiger partial charge in [-0.2, -0.15) is 0 Å². The Bertz CT molecular complexity index is 1080. The van der Waals surface area contributed by atoms with Gasteiger partial charge in [-0.15, -0.1) is 0 Å².